The first-order valence-corrected chi connectivity index (χ1v) is 10.8. The highest BCUT2D eigenvalue weighted by atomic mass is 16.2. The van der Waals surface area contributed by atoms with E-state index < -0.39 is 0 Å². The summed E-state index contributed by atoms with van der Waals surface area (Å²) in [5.74, 6) is 1.15. The van der Waals surface area contributed by atoms with Crippen molar-refractivity contribution in [3.05, 3.63) is 63.3 Å². The molecule has 156 valence electrons. The van der Waals surface area contributed by atoms with E-state index >= 15 is 0 Å². The maximum absolute atomic E-state index is 12.7. The molecule has 30 heavy (non-hydrogen) atoms. The van der Waals surface area contributed by atoms with Crippen LogP contribution in [0, 0.1) is 5.92 Å². The summed E-state index contributed by atoms with van der Waals surface area (Å²) in [5.41, 5.74) is 2.34. The third kappa shape index (κ3) is 3.76. The van der Waals surface area contributed by atoms with Gasteiger partial charge in [0.05, 0.1) is 18.7 Å². The average molecular weight is 406 g/mol. The molecule has 2 aromatic rings. The van der Waals surface area contributed by atoms with Crippen LogP contribution >= 0.6 is 0 Å². The minimum absolute atomic E-state index is 0.0252. The SMILES string of the molecule is O=C(Cc1ccccc1)N1CC[C@@H](c2nc3c(c(=O)[nH]2)CCN(C(=O)C2CC2)C3)C1. The first-order valence-electron chi connectivity index (χ1n) is 10.8. The van der Waals surface area contributed by atoms with Gasteiger partial charge in [-0.1, -0.05) is 30.3 Å². The van der Waals surface area contributed by atoms with Crippen LogP contribution in [0.2, 0.25) is 0 Å². The summed E-state index contributed by atoms with van der Waals surface area (Å²) >= 11 is 0. The number of rotatable bonds is 4. The van der Waals surface area contributed by atoms with Crippen LogP contribution in [0.4, 0.5) is 0 Å². The minimum atomic E-state index is -0.0948. The second kappa shape index (κ2) is 7.70. The van der Waals surface area contributed by atoms with Crippen molar-refractivity contribution in [2.75, 3.05) is 19.6 Å². The van der Waals surface area contributed by atoms with Crippen molar-refractivity contribution < 1.29 is 9.59 Å². The Bertz CT molecular complexity index is 1030. The molecule has 0 bridgehead atoms. The third-order valence-electron chi connectivity index (χ3n) is 6.46. The molecule has 0 spiro atoms. The molecule has 1 N–H and O–H groups in total. The number of benzene rings is 1. The molecule has 2 fully saturated rings. The van der Waals surface area contributed by atoms with Crippen molar-refractivity contribution in [1.29, 1.82) is 0 Å². The number of amides is 2. The zero-order valence-electron chi connectivity index (χ0n) is 17.0. The predicted octanol–water partition coefficient (Wildman–Crippen LogP) is 1.62. The lowest BCUT2D eigenvalue weighted by molar-refractivity contribution is -0.133. The van der Waals surface area contributed by atoms with Crippen LogP contribution in [-0.4, -0.2) is 51.2 Å². The molecular weight excluding hydrogens is 380 g/mol. The van der Waals surface area contributed by atoms with Crippen LogP contribution in [0.1, 0.15) is 47.8 Å². The standard InChI is InChI=1S/C23H26N4O3/c28-20(12-15-4-2-1-3-5-15)26-10-8-17(13-26)21-24-19-14-27(23(30)16-6-7-16)11-9-18(19)22(29)25-21/h1-5,16-17H,6-14H2,(H,24,25,29)/t17-/m1/s1. The fraction of sp³-hybridized carbons (Fsp3) is 0.478. The van der Waals surface area contributed by atoms with E-state index in [0.717, 1.165) is 30.5 Å². The van der Waals surface area contributed by atoms with Gasteiger partial charge in [0.15, 0.2) is 0 Å². The van der Waals surface area contributed by atoms with Crippen LogP contribution in [-0.2, 0) is 29.0 Å². The Hall–Kier alpha value is -2.96. The molecular formula is C23H26N4O3. The van der Waals surface area contributed by atoms with Crippen molar-refractivity contribution in [3.8, 4) is 0 Å². The third-order valence-corrected chi connectivity index (χ3v) is 6.46. The number of nitrogens with zero attached hydrogens (tertiary/aromatic N) is 3. The number of hydrogen-bond acceptors (Lipinski definition) is 4. The number of likely N-dealkylation sites (tertiary alicyclic amines) is 1. The van der Waals surface area contributed by atoms with E-state index in [0.29, 0.717) is 50.4 Å². The summed E-state index contributed by atoms with van der Waals surface area (Å²) in [4.78, 5) is 49.2. The molecule has 0 unspecified atom stereocenters. The average Bonchev–Trinajstić information content (AvgIpc) is 3.49. The van der Waals surface area contributed by atoms with Gasteiger partial charge in [-0.25, -0.2) is 4.98 Å². The van der Waals surface area contributed by atoms with E-state index in [9.17, 15) is 14.4 Å². The summed E-state index contributed by atoms with van der Waals surface area (Å²) in [6.45, 7) is 2.25. The number of hydrogen-bond donors (Lipinski definition) is 1. The smallest absolute Gasteiger partial charge is 0.254 e. The summed E-state index contributed by atoms with van der Waals surface area (Å²) in [7, 11) is 0. The molecule has 1 aromatic heterocycles. The Kier molecular flexibility index (Phi) is 4.89. The molecule has 1 saturated carbocycles. The highest BCUT2D eigenvalue weighted by Crippen LogP contribution is 2.32. The Morgan fingerprint density at radius 2 is 1.87 bits per heavy atom. The van der Waals surface area contributed by atoms with Gasteiger partial charge in [0.2, 0.25) is 11.8 Å². The van der Waals surface area contributed by atoms with Gasteiger partial charge >= 0.3 is 0 Å². The highest BCUT2D eigenvalue weighted by molar-refractivity contribution is 5.81. The van der Waals surface area contributed by atoms with Crippen LogP contribution in [0.5, 0.6) is 0 Å². The second-order valence-corrected chi connectivity index (χ2v) is 8.65. The largest absolute Gasteiger partial charge is 0.342 e. The van der Waals surface area contributed by atoms with Crippen molar-refractivity contribution in [3.63, 3.8) is 0 Å². The van der Waals surface area contributed by atoms with Crippen LogP contribution in [0.3, 0.4) is 0 Å². The molecule has 7 heteroatoms. The number of carbonyl (C=O) groups excluding carboxylic acids is 2. The first kappa shape index (κ1) is 19.0. The molecule has 7 nitrogen and oxygen atoms in total. The molecule has 1 saturated heterocycles. The fourth-order valence-corrected chi connectivity index (χ4v) is 4.52. The maximum atomic E-state index is 12.7. The molecule has 3 aliphatic rings. The monoisotopic (exact) mass is 406 g/mol. The van der Waals surface area contributed by atoms with E-state index in [4.69, 9.17) is 4.98 Å². The molecule has 5 rings (SSSR count). The van der Waals surface area contributed by atoms with Crippen molar-refractivity contribution >= 4 is 11.8 Å². The molecule has 3 heterocycles. The number of H-pyrrole nitrogens is 1. The van der Waals surface area contributed by atoms with Gasteiger partial charge in [0, 0.05) is 37.0 Å². The number of carbonyl (C=O) groups is 2. The summed E-state index contributed by atoms with van der Waals surface area (Å²) in [6.07, 6.45) is 3.69. The molecule has 1 atom stereocenters. The summed E-state index contributed by atoms with van der Waals surface area (Å²) in [6, 6.07) is 9.74. The van der Waals surface area contributed by atoms with Crippen LogP contribution in [0.15, 0.2) is 35.1 Å². The highest BCUT2D eigenvalue weighted by Gasteiger charge is 2.36. The number of fused-ring (bicyclic) bond motifs is 1. The van der Waals surface area contributed by atoms with Gasteiger partial charge in [0.25, 0.3) is 5.56 Å². The summed E-state index contributed by atoms with van der Waals surface area (Å²) < 4.78 is 0. The van der Waals surface area contributed by atoms with Gasteiger partial charge in [-0.05, 0) is 31.2 Å². The quantitative estimate of drug-likeness (QED) is 0.836. The molecule has 2 amide bonds. The normalized spacial score (nSPS) is 20.9. The first-order chi connectivity index (χ1) is 14.6. The zero-order valence-corrected chi connectivity index (χ0v) is 17.0. The fourth-order valence-electron chi connectivity index (χ4n) is 4.52. The number of aromatic amines is 1. The summed E-state index contributed by atoms with van der Waals surface area (Å²) in [5, 5.41) is 0. The second-order valence-electron chi connectivity index (χ2n) is 8.65. The van der Waals surface area contributed by atoms with Crippen LogP contribution in [0.25, 0.3) is 0 Å². The van der Waals surface area contributed by atoms with E-state index in [1.165, 1.54) is 0 Å². The molecule has 2 aliphatic heterocycles. The number of nitrogens with one attached hydrogen (secondary N) is 1. The van der Waals surface area contributed by atoms with Gasteiger partial charge in [-0.15, -0.1) is 0 Å². The maximum Gasteiger partial charge on any atom is 0.254 e. The van der Waals surface area contributed by atoms with Crippen molar-refractivity contribution in [1.82, 2.24) is 19.8 Å². The lowest BCUT2D eigenvalue weighted by atomic mass is 10.0. The van der Waals surface area contributed by atoms with Crippen molar-refractivity contribution in [2.45, 2.75) is 44.6 Å². The number of aromatic nitrogens is 2. The van der Waals surface area contributed by atoms with E-state index in [2.05, 4.69) is 4.98 Å². The minimum Gasteiger partial charge on any atom is -0.342 e. The lowest BCUT2D eigenvalue weighted by Crippen LogP contribution is -2.40. The zero-order chi connectivity index (χ0) is 20.7. The van der Waals surface area contributed by atoms with E-state index in [1.807, 2.05) is 40.1 Å². The Morgan fingerprint density at radius 3 is 2.63 bits per heavy atom. The molecule has 1 aliphatic carbocycles. The Labute approximate surface area is 175 Å². The van der Waals surface area contributed by atoms with Gasteiger partial charge in [0.1, 0.15) is 5.82 Å². The molecule has 0 radical (unpaired) electrons. The topological polar surface area (TPSA) is 86.4 Å². The predicted molar refractivity (Wildman–Crippen MR) is 111 cm³/mol. The Morgan fingerprint density at radius 1 is 1.07 bits per heavy atom. The van der Waals surface area contributed by atoms with E-state index in [-0.39, 0.29) is 29.2 Å². The Balaban J connectivity index is 1.29. The van der Waals surface area contributed by atoms with Gasteiger partial charge in [-0.3, -0.25) is 14.4 Å². The van der Waals surface area contributed by atoms with Crippen LogP contribution < -0.4 is 5.56 Å². The van der Waals surface area contributed by atoms with E-state index in [1.54, 1.807) is 0 Å². The molecule has 1 aromatic carbocycles. The van der Waals surface area contributed by atoms with Gasteiger partial charge < -0.3 is 14.8 Å². The van der Waals surface area contributed by atoms with Crippen molar-refractivity contribution in [2.24, 2.45) is 5.92 Å². The lowest BCUT2D eigenvalue weighted by Gasteiger charge is -2.28. The van der Waals surface area contributed by atoms with Gasteiger partial charge in [-0.2, -0.15) is 0 Å².